The zero-order valence-electron chi connectivity index (χ0n) is 57.6. The quantitative estimate of drug-likeness (QED) is 0.223. The van der Waals surface area contributed by atoms with Crippen LogP contribution in [0.3, 0.4) is 0 Å². The Morgan fingerprint density at radius 1 is 0.217 bits per heavy atom. The molecule has 0 bridgehead atoms. The summed E-state index contributed by atoms with van der Waals surface area (Å²) in [5.41, 5.74) is 16.5. The van der Waals surface area contributed by atoms with Crippen molar-refractivity contribution in [2.24, 2.45) is 79.3 Å². The molecule has 0 aromatic carbocycles. The van der Waals surface area contributed by atoms with Gasteiger partial charge < -0.3 is 0 Å². The van der Waals surface area contributed by atoms with Crippen molar-refractivity contribution in [2.75, 3.05) is 0 Å². The molecule has 0 amide bonds. The molecule has 0 nitrogen and oxygen atoms in total. The smallest absolute Gasteiger partial charge is 0.00697 e. The van der Waals surface area contributed by atoms with E-state index in [0.717, 1.165) is 52.3 Å². The predicted octanol–water partition coefficient (Wildman–Crippen LogP) is 26.6. The van der Waals surface area contributed by atoms with E-state index in [9.17, 15) is 0 Å². The van der Waals surface area contributed by atoms with Crippen molar-refractivity contribution in [2.45, 2.75) is 335 Å². The van der Waals surface area contributed by atoms with Crippen LogP contribution in [0.4, 0.5) is 0 Å². The Balaban J connectivity index is 0.000000127. The van der Waals surface area contributed by atoms with Gasteiger partial charge in [0, 0.05) is 10.8 Å². The highest BCUT2D eigenvalue weighted by Gasteiger charge is 2.45. The van der Waals surface area contributed by atoms with Crippen LogP contribution in [0, 0.1) is 79.3 Å². The molecule has 14 aliphatic rings. The molecule has 2 atom stereocenters. The van der Waals surface area contributed by atoms with Crippen LogP contribution in [0.5, 0.6) is 0 Å². The van der Waals surface area contributed by atoms with Gasteiger partial charge in [0.1, 0.15) is 0 Å². The molecular formula is C83H134. The van der Waals surface area contributed by atoms with Crippen LogP contribution >= 0.6 is 0 Å². The number of rotatable bonds is 7. The van der Waals surface area contributed by atoms with E-state index in [0.29, 0.717) is 27.1 Å². The maximum Gasteiger partial charge on any atom is 0.00697 e. The van der Waals surface area contributed by atoms with Crippen molar-refractivity contribution < 1.29 is 0 Å². The van der Waals surface area contributed by atoms with Crippen molar-refractivity contribution in [3.05, 3.63) is 106 Å². The summed E-state index contributed by atoms with van der Waals surface area (Å²) in [4.78, 5) is 0. The number of hydrogen-bond acceptors (Lipinski definition) is 0. The molecule has 5 fully saturated rings. The summed E-state index contributed by atoms with van der Waals surface area (Å²) in [6.07, 6.45) is 80.7. The van der Waals surface area contributed by atoms with E-state index in [2.05, 4.69) is 164 Å². The van der Waals surface area contributed by atoms with E-state index in [4.69, 9.17) is 0 Å². The number of hydrogen-bond donors (Lipinski definition) is 0. The lowest BCUT2D eigenvalue weighted by Gasteiger charge is -2.43. The second-order valence-electron chi connectivity index (χ2n) is 33.5. The molecule has 0 aromatic heterocycles. The molecule has 5 saturated carbocycles. The summed E-state index contributed by atoms with van der Waals surface area (Å²) in [6, 6.07) is 0. The standard InChI is InChI=1S/C14H24.C13H20.C12H20.C12H18.2C11H18.C10H16/c1-12(2)13-7-10-14(11-13)8-5-3-4-6-9-14;1-11(2)12-6-9-13(10-12)7-4-3-5-8-13;1-10(2)11-5-3-6-12(9-11)7-4-8-12;1-10(2)11-5-8-12(9-11)6-3-4-7-12;1-9(2)10-4-7-11(8-10)5-3-6-11;1-9(2)10-4-3-5-11(8-10)6-7-11;1-8(2)9-3-4-10(7-9)5-6-10/h11-12H,3-10H2,1-2H3;4,7,10-11H,3,5-6,8-9H2,1-2H3;9-10H,3-8H2,1-2H3;3,6,9-10H,4-5,7-8H2,1-2H3;2*8-9H,3-7H2,1-2H3;7-8H,3-6H2,1-2H3. The lowest BCUT2D eigenvalue weighted by atomic mass is 9.62. The van der Waals surface area contributed by atoms with Gasteiger partial charge in [-0.2, -0.15) is 0 Å². The van der Waals surface area contributed by atoms with E-state index in [-0.39, 0.29) is 0 Å². The monoisotopic (exact) mass is 1130 g/mol. The Morgan fingerprint density at radius 2 is 0.494 bits per heavy atom. The molecule has 0 radical (unpaired) electrons. The van der Waals surface area contributed by atoms with Gasteiger partial charge in [0.2, 0.25) is 0 Å². The lowest BCUT2D eigenvalue weighted by Crippen LogP contribution is -2.30. The molecule has 0 heteroatoms. The van der Waals surface area contributed by atoms with Gasteiger partial charge in [0.25, 0.3) is 0 Å². The Kier molecular flexibility index (Phi) is 23.5. The average Bonchev–Trinajstić information content (AvgIpc) is 3.40. The van der Waals surface area contributed by atoms with Gasteiger partial charge in [-0.3, -0.25) is 0 Å². The molecule has 83 heavy (non-hydrogen) atoms. The second kappa shape index (κ2) is 29.3. The van der Waals surface area contributed by atoms with Crippen LogP contribution in [0.15, 0.2) is 106 Å². The largest absolute Gasteiger partial charge is 0.0877 e. The van der Waals surface area contributed by atoms with E-state index in [1.54, 1.807) is 39.0 Å². The fourth-order valence-electron chi connectivity index (χ4n) is 17.5. The zero-order valence-corrected chi connectivity index (χ0v) is 57.6. The minimum atomic E-state index is 0.484. The van der Waals surface area contributed by atoms with Gasteiger partial charge in [-0.05, 0) is 268 Å². The summed E-state index contributed by atoms with van der Waals surface area (Å²) in [6.45, 7) is 32.5. The van der Waals surface area contributed by atoms with Crippen LogP contribution in [0.2, 0.25) is 0 Å². The Hall–Kier alpha value is -2.34. The highest BCUT2D eigenvalue weighted by atomic mass is 14.5. The Morgan fingerprint density at radius 3 is 0.771 bits per heavy atom. The Labute approximate surface area is 516 Å². The summed E-state index contributed by atoms with van der Waals surface area (Å²) in [7, 11) is 0. The molecule has 466 valence electrons. The van der Waals surface area contributed by atoms with Crippen molar-refractivity contribution in [3.63, 3.8) is 0 Å². The third kappa shape index (κ3) is 18.6. The van der Waals surface area contributed by atoms with Crippen molar-refractivity contribution in [3.8, 4) is 0 Å². The van der Waals surface area contributed by atoms with Gasteiger partial charge in [-0.15, -0.1) is 0 Å². The van der Waals surface area contributed by atoms with Crippen LogP contribution < -0.4 is 0 Å². The molecule has 2 unspecified atom stereocenters. The van der Waals surface area contributed by atoms with E-state index < -0.39 is 0 Å². The molecule has 0 aliphatic heterocycles. The van der Waals surface area contributed by atoms with Crippen molar-refractivity contribution in [1.29, 1.82) is 0 Å². The summed E-state index contributed by atoms with van der Waals surface area (Å²) >= 11 is 0. The molecule has 0 heterocycles. The maximum atomic E-state index is 2.67. The fourth-order valence-corrected chi connectivity index (χ4v) is 17.5. The summed E-state index contributed by atoms with van der Waals surface area (Å²) in [5.74, 6) is 5.51. The highest BCUT2D eigenvalue weighted by Crippen LogP contribution is 2.58. The molecule has 14 rings (SSSR count). The topological polar surface area (TPSA) is 0 Å². The van der Waals surface area contributed by atoms with Gasteiger partial charge in [-0.1, -0.05) is 241 Å². The molecule has 0 saturated heterocycles. The predicted molar refractivity (Wildman–Crippen MR) is 367 cm³/mol. The second-order valence-corrected chi connectivity index (χ2v) is 33.5. The average molecular weight is 1130 g/mol. The van der Waals surface area contributed by atoms with Crippen molar-refractivity contribution >= 4 is 0 Å². The first-order valence-corrected chi connectivity index (χ1v) is 36.9. The first-order valence-electron chi connectivity index (χ1n) is 36.9. The van der Waals surface area contributed by atoms with Crippen LogP contribution in [-0.4, -0.2) is 0 Å². The van der Waals surface area contributed by atoms with Gasteiger partial charge in [-0.25, -0.2) is 0 Å². The van der Waals surface area contributed by atoms with E-state index in [1.165, 1.54) is 238 Å². The zero-order chi connectivity index (χ0) is 59.5. The van der Waals surface area contributed by atoms with Crippen LogP contribution in [0.25, 0.3) is 0 Å². The summed E-state index contributed by atoms with van der Waals surface area (Å²) in [5, 5.41) is 0. The highest BCUT2D eigenvalue weighted by molar-refractivity contribution is 5.29. The van der Waals surface area contributed by atoms with Crippen molar-refractivity contribution in [1.82, 2.24) is 0 Å². The van der Waals surface area contributed by atoms with Crippen LogP contribution in [-0.2, 0) is 0 Å². The minimum Gasteiger partial charge on any atom is -0.0877 e. The summed E-state index contributed by atoms with van der Waals surface area (Å²) < 4.78 is 0. The van der Waals surface area contributed by atoms with Gasteiger partial charge in [0.05, 0.1) is 0 Å². The SMILES string of the molecule is CC(C)C1=CC2(C=CCC2)CC1.CC(C)C1=CC2(C=CCCC2)CC1.CC(C)C1=CC2(CC1)CC2.CC(C)C1=CC2(CCC1)CC2.CC(C)C1=CC2(CCC1)CCC2.CC(C)C1=CC2(CCC2)CC1.CC(C)C1=CC2(CCCCCC2)CC1. The molecule has 14 aliphatic carbocycles. The minimum absolute atomic E-state index is 0.484. The van der Waals surface area contributed by atoms with Crippen LogP contribution in [0.1, 0.15) is 335 Å². The molecule has 7 spiro atoms. The molecule has 0 aromatic rings. The first kappa shape index (κ1) is 66.6. The third-order valence-corrected chi connectivity index (χ3v) is 24.6. The molecule has 0 N–H and O–H groups in total. The van der Waals surface area contributed by atoms with E-state index >= 15 is 0 Å². The number of allylic oxidation sites excluding steroid dienone is 18. The normalized spacial score (nSPS) is 29.0. The van der Waals surface area contributed by atoms with Gasteiger partial charge in [0.15, 0.2) is 0 Å². The Bertz CT molecular complexity index is 2350. The lowest BCUT2D eigenvalue weighted by molar-refractivity contribution is 0.170. The molecular weight excluding hydrogens is 997 g/mol. The first-order chi connectivity index (χ1) is 39.5. The van der Waals surface area contributed by atoms with E-state index in [1.807, 2.05) is 0 Å². The third-order valence-electron chi connectivity index (χ3n) is 24.6. The maximum absolute atomic E-state index is 2.67. The fraction of sp³-hybridized carbons (Fsp3) is 0.783. The van der Waals surface area contributed by atoms with Gasteiger partial charge >= 0.3 is 0 Å².